The van der Waals surface area contributed by atoms with Crippen LogP contribution in [0.3, 0.4) is 0 Å². The van der Waals surface area contributed by atoms with Crippen LogP contribution in [0, 0.1) is 0 Å². The third-order valence-electron chi connectivity index (χ3n) is 3.59. The summed E-state index contributed by atoms with van der Waals surface area (Å²) in [6.45, 7) is 2.60. The van der Waals surface area contributed by atoms with Crippen molar-refractivity contribution in [3.8, 4) is 5.75 Å². The second-order valence-corrected chi connectivity index (χ2v) is 5.07. The molecule has 4 heteroatoms. The molecule has 4 nitrogen and oxygen atoms in total. The molecule has 0 fully saturated rings. The van der Waals surface area contributed by atoms with Gasteiger partial charge < -0.3 is 14.5 Å². The Bertz CT molecular complexity index is 702. The molecular weight excluding hydrogens is 262 g/mol. The van der Waals surface area contributed by atoms with Crippen molar-refractivity contribution in [3.63, 3.8) is 0 Å². The standard InChI is InChI=1S/C17H19N3O/c1-13(18-2)14-6-5-7-16(10-14)21-12-15-11-20-9-4-3-8-17(20)19-15/h3-11,13,18H,12H2,1-2H3. The van der Waals surface area contributed by atoms with E-state index in [1.54, 1.807) is 0 Å². The van der Waals surface area contributed by atoms with E-state index < -0.39 is 0 Å². The van der Waals surface area contributed by atoms with E-state index in [9.17, 15) is 0 Å². The van der Waals surface area contributed by atoms with Gasteiger partial charge in [0.25, 0.3) is 0 Å². The fraction of sp³-hybridized carbons (Fsp3) is 0.235. The predicted molar refractivity (Wildman–Crippen MR) is 83.4 cm³/mol. The molecule has 21 heavy (non-hydrogen) atoms. The number of imidazole rings is 1. The van der Waals surface area contributed by atoms with Gasteiger partial charge in [0.2, 0.25) is 0 Å². The van der Waals surface area contributed by atoms with E-state index in [4.69, 9.17) is 4.74 Å². The first-order valence-electron chi connectivity index (χ1n) is 7.09. The minimum atomic E-state index is 0.309. The van der Waals surface area contributed by atoms with Gasteiger partial charge in [0.15, 0.2) is 0 Å². The van der Waals surface area contributed by atoms with Gasteiger partial charge in [-0.05, 0) is 43.8 Å². The number of aromatic nitrogens is 2. The Hall–Kier alpha value is -2.33. The molecule has 0 aliphatic carbocycles. The molecule has 0 spiro atoms. The van der Waals surface area contributed by atoms with Crippen molar-refractivity contribution < 1.29 is 4.74 Å². The number of fused-ring (bicyclic) bond motifs is 1. The summed E-state index contributed by atoms with van der Waals surface area (Å²) in [5.74, 6) is 0.867. The Morgan fingerprint density at radius 2 is 2.14 bits per heavy atom. The smallest absolute Gasteiger partial charge is 0.137 e. The fourth-order valence-electron chi connectivity index (χ4n) is 2.25. The van der Waals surface area contributed by atoms with E-state index in [-0.39, 0.29) is 0 Å². The predicted octanol–water partition coefficient (Wildman–Crippen LogP) is 3.19. The lowest BCUT2D eigenvalue weighted by molar-refractivity contribution is 0.301. The molecule has 1 unspecified atom stereocenters. The van der Waals surface area contributed by atoms with Gasteiger partial charge in [-0.1, -0.05) is 18.2 Å². The van der Waals surface area contributed by atoms with Crippen LogP contribution in [0.25, 0.3) is 5.65 Å². The summed E-state index contributed by atoms with van der Waals surface area (Å²) in [5.41, 5.74) is 3.08. The third-order valence-corrected chi connectivity index (χ3v) is 3.59. The van der Waals surface area contributed by atoms with Gasteiger partial charge in [-0.15, -0.1) is 0 Å². The van der Waals surface area contributed by atoms with Crippen molar-refractivity contribution in [1.29, 1.82) is 0 Å². The van der Waals surface area contributed by atoms with E-state index in [1.807, 2.05) is 54.2 Å². The highest BCUT2D eigenvalue weighted by molar-refractivity contribution is 5.39. The zero-order chi connectivity index (χ0) is 14.7. The van der Waals surface area contributed by atoms with E-state index in [1.165, 1.54) is 5.56 Å². The molecule has 0 saturated carbocycles. The van der Waals surface area contributed by atoms with Gasteiger partial charge in [0, 0.05) is 18.4 Å². The molecule has 0 radical (unpaired) electrons. The number of pyridine rings is 1. The molecule has 0 bridgehead atoms. The summed E-state index contributed by atoms with van der Waals surface area (Å²) in [6.07, 6.45) is 3.98. The molecule has 108 valence electrons. The summed E-state index contributed by atoms with van der Waals surface area (Å²) in [6, 6.07) is 14.4. The number of ether oxygens (including phenoxy) is 1. The second kappa shape index (κ2) is 5.97. The maximum Gasteiger partial charge on any atom is 0.137 e. The molecule has 3 aromatic rings. The number of nitrogens with zero attached hydrogens (tertiary/aromatic N) is 2. The van der Waals surface area contributed by atoms with Crippen molar-refractivity contribution in [3.05, 3.63) is 66.1 Å². The molecule has 1 N–H and O–H groups in total. The van der Waals surface area contributed by atoms with Crippen LogP contribution in [0.5, 0.6) is 5.75 Å². The quantitative estimate of drug-likeness (QED) is 0.780. The van der Waals surface area contributed by atoms with Crippen molar-refractivity contribution in [1.82, 2.24) is 14.7 Å². The van der Waals surface area contributed by atoms with Gasteiger partial charge >= 0.3 is 0 Å². The van der Waals surface area contributed by atoms with Crippen LogP contribution in [0.1, 0.15) is 24.2 Å². The fourth-order valence-corrected chi connectivity index (χ4v) is 2.25. The Balaban J connectivity index is 1.72. The van der Waals surface area contributed by atoms with Crippen LogP contribution >= 0.6 is 0 Å². The van der Waals surface area contributed by atoms with Gasteiger partial charge in [-0.2, -0.15) is 0 Å². The SMILES string of the molecule is CNC(C)c1cccc(OCc2cn3ccccc3n2)c1. The lowest BCUT2D eigenvalue weighted by Gasteiger charge is -2.12. The first kappa shape index (κ1) is 13.6. The molecule has 2 aromatic heterocycles. The zero-order valence-electron chi connectivity index (χ0n) is 12.3. The first-order valence-corrected chi connectivity index (χ1v) is 7.09. The molecule has 2 heterocycles. The first-order chi connectivity index (χ1) is 10.3. The van der Waals surface area contributed by atoms with Crippen LogP contribution in [0.2, 0.25) is 0 Å². The molecular formula is C17H19N3O. The molecule has 1 atom stereocenters. The Morgan fingerprint density at radius 1 is 1.24 bits per heavy atom. The molecule has 0 aliphatic heterocycles. The van der Waals surface area contributed by atoms with Crippen LogP contribution in [-0.2, 0) is 6.61 Å². The van der Waals surface area contributed by atoms with E-state index in [0.29, 0.717) is 12.6 Å². The van der Waals surface area contributed by atoms with Crippen molar-refractivity contribution in [2.45, 2.75) is 19.6 Å². The summed E-state index contributed by atoms with van der Waals surface area (Å²) in [4.78, 5) is 4.53. The minimum absolute atomic E-state index is 0.309. The highest BCUT2D eigenvalue weighted by Gasteiger charge is 2.05. The Morgan fingerprint density at radius 3 is 2.95 bits per heavy atom. The summed E-state index contributed by atoms with van der Waals surface area (Å²) >= 11 is 0. The van der Waals surface area contributed by atoms with Gasteiger partial charge in [-0.3, -0.25) is 0 Å². The monoisotopic (exact) mass is 281 g/mol. The third kappa shape index (κ3) is 3.06. The molecule has 3 rings (SSSR count). The number of rotatable bonds is 5. The molecule has 1 aromatic carbocycles. The summed E-state index contributed by atoms with van der Waals surface area (Å²) in [7, 11) is 1.95. The number of hydrogen-bond donors (Lipinski definition) is 1. The largest absolute Gasteiger partial charge is 0.487 e. The Labute approximate surface area is 124 Å². The van der Waals surface area contributed by atoms with Gasteiger partial charge in [0.05, 0.1) is 5.69 Å². The summed E-state index contributed by atoms with van der Waals surface area (Å²) < 4.78 is 7.85. The summed E-state index contributed by atoms with van der Waals surface area (Å²) in [5, 5.41) is 3.23. The van der Waals surface area contributed by atoms with E-state index in [2.05, 4.69) is 29.4 Å². The highest BCUT2D eigenvalue weighted by Crippen LogP contribution is 2.19. The lowest BCUT2D eigenvalue weighted by Crippen LogP contribution is -2.12. The minimum Gasteiger partial charge on any atom is -0.487 e. The van der Waals surface area contributed by atoms with Crippen LogP contribution in [-0.4, -0.2) is 16.4 Å². The van der Waals surface area contributed by atoms with Crippen LogP contribution in [0.4, 0.5) is 0 Å². The number of benzene rings is 1. The average molecular weight is 281 g/mol. The molecule has 0 amide bonds. The van der Waals surface area contributed by atoms with Crippen molar-refractivity contribution in [2.24, 2.45) is 0 Å². The number of nitrogens with one attached hydrogen (secondary N) is 1. The van der Waals surface area contributed by atoms with Crippen molar-refractivity contribution in [2.75, 3.05) is 7.05 Å². The normalized spacial score (nSPS) is 12.5. The van der Waals surface area contributed by atoms with Crippen LogP contribution < -0.4 is 10.1 Å². The zero-order valence-corrected chi connectivity index (χ0v) is 12.3. The molecule has 0 saturated heterocycles. The Kier molecular flexibility index (Phi) is 3.88. The molecule has 0 aliphatic rings. The maximum atomic E-state index is 5.85. The average Bonchev–Trinajstić information content (AvgIpc) is 2.95. The topological polar surface area (TPSA) is 38.6 Å². The van der Waals surface area contributed by atoms with Crippen molar-refractivity contribution >= 4 is 5.65 Å². The number of hydrogen-bond acceptors (Lipinski definition) is 3. The maximum absolute atomic E-state index is 5.85. The lowest BCUT2D eigenvalue weighted by atomic mass is 10.1. The second-order valence-electron chi connectivity index (χ2n) is 5.07. The van der Waals surface area contributed by atoms with E-state index in [0.717, 1.165) is 17.1 Å². The van der Waals surface area contributed by atoms with Gasteiger partial charge in [0.1, 0.15) is 18.0 Å². The van der Waals surface area contributed by atoms with E-state index >= 15 is 0 Å². The van der Waals surface area contributed by atoms with Gasteiger partial charge in [-0.25, -0.2) is 4.98 Å². The van der Waals surface area contributed by atoms with Crippen LogP contribution in [0.15, 0.2) is 54.9 Å². The highest BCUT2D eigenvalue weighted by atomic mass is 16.5.